The summed E-state index contributed by atoms with van der Waals surface area (Å²) < 4.78 is 6.53. The number of ether oxygens (including phenoxy) is 1. The maximum atomic E-state index is 10.7. The first-order valence-corrected chi connectivity index (χ1v) is 5.37. The van der Waals surface area contributed by atoms with Crippen molar-refractivity contribution in [1.82, 2.24) is 15.0 Å². The maximum absolute atomic E-state index is 10.7. The van der Waals surface area contributed by atoms with Gasteiger partial charge in [0.05, 0.1) is 19.0 Å². The fraction of sp³-hybridized carbons (Fsp3) is 0.250. The molecule has 1 aromatic carbocycles. The van der Waals surface area contributed by atoms with E-state index < -0.39 is 5.97 Å². The first-order valence-electron chi connectivity index (χ1n) is 5.37. The summed E-state index contributed by atoms with van der Waals surface area (Å²) in [5.41, 5.74) is 2.50. The van der Waals surface area contributed by atoms with Crippen LogP contribution >= 0.6 is 0 Å². The molecule has 18 heavy (non-hydrogen) atoms. The van der Waals surface area contributed by atoms with Crippen molar-refractivity contribution in [2.24, 2.45) is 0 Å². The molecule has 0 aliphatic heterocycles. The number of aryl methyl sites for hydroxylation is 1. The Bertz CT molecular complexity index is 578. The van der Waals surface area contributed by atoms with Crippen molar-refractivity contribution in [1.29, 1.82) is 0 Å². The van der Waals surface area contributed by atoms with Gasteiger partial charge in [-0.1, -0.05) is 5.21 Å². The number of benzene rings is 1. The molecule has 0 amide bonds. The molecule has 0 fully saturated rings. The number of aromatic nitrogens is 3. The van der Waals surface area contributed by atoms with E-state index in [1.165, 1.54) is 4.68 Å². The van der Waals surface area contributed by atoms with Gasteiger partial charge in [-0.15, -0.1) is 5.10 Å². The van der Waals surface area contributed by atoms with Gasteiger partial charge in [-0.2, -0.15) is 0 Å². The van der Waals surface area contributed by atoms with E-state index >= 15 is 0 Å². The second kappa shape index (κ2) is 4.87. The Hall–Kier alpha value is -2.37. The summed E-state index contributed by atoms with van der Waals surface area (Å²) in [7, 11) is 1.61. The van der Waals surface area contributed by atoms with E-state index in [0.717, 1.165) is 16.9 Å². The summed E-state index contributed by atoms with van der Waals surface area (Å²) in [4.78, 5) is 10.7. The van der Waals surface area contributed by atoms with Gasteiger partial charge in [0.15, 0.2) is 0 Å². The lowest BCUT2D eigenvalue weighted by Crippen LogP contribution is -2.11. The first kappa shape index (κ1) is 12.1. The Labute approximate surface area is 104 Å². The summed E-state index contributed by atoms with van der Waals surface area (Å²) in [6, 6.07) is 5.60. The molecule has 0 atom stereocenters. The smallest absolute Gasteiger partial charge is 0.325 e. The molecule has 0 radical (unpaired) electrons. The largest absolute Gasteiger partial charge is 0.496 e. The van der Waals surface area contributed by atoms with Gasteiger partial charge in [0.2, 0.25) is 0 Å². The monoisotopic (exact) mass is 247 g/mol. The fourth-order valence-electron chi connectivity index (χ4n) is 1.76. The predicted octanol–water partition coefficient (Wildman–Crippen LogP) is 1.35. The molecule has 2 aromatic rings. The SMILES string of the molecule is COc1ccc(-c2cnnn2CC(=O)O)cc1C. The molecule has 0 spiro atoms. The van der Waals surface area contributed by atoms with Gasteiger partial charge >= 0.3 is 5.97 Å². The van der Waals surface area contributed by atoms with E-state index in [4.69, 9.17) is 9.84 Å². The van der Waals surface area contributed by atoms with Gasteiger partial charge in [0, 0.05) is 5.56 Å². The highest BCUT2D eigenvalue weighted by Crippen LogP contribution is 2.25. The molecule has 0 saturated carbocycles. The van der Waals surface area contributed by atoms with E-state index in [0.29, 0.717) is 5.69 Å². The number of hydrogen-bond acceptors (Lipinski definition) is 4. The van der Waals surface area contributed by atoms with Crippen molar-refractivity contribution in [2.75, 3.05) is 7.11 Å². The van der Waals surface area contributed by atoms with Crippen molar-refractivity contribution in [3.05, 3.63) is 30.0 Å². The summed E-state index contributed by atoms with van der Waals surface area (Å²) in [5.74, 6) is -0.164. The molecule has 0 aliphatic carbocycles. The second-order valence-electron chi connectivity index (χ2n) is 3.86. The number of carboxylic acids is 1. The van der Waals surface area contributed by atoms with Crippen LogP contribution in [0.2, 0.25) is 0 Å². The lowest BCUT2D eigenvalue weighted by atomic mass is 10.1. The highest BCUT2D eigenvalue weighted by atomic mass is 16.5. The van der Waals surface area contributed by atoms with Crippen LogP contribution in [0.3, 0.4) is 0 Å². The zero-order valence-corrected chi connectivity index (χ0v) is 10.1. The molecule has 1 N–H and O–H groups in total. The highest BCUT2D eigenvalue weighted by Gasteiger charge is 2.10. The summed E-state index contributed by atoms with van der Waals surface area (Å²) >= 11 is 0. The zero-order chi connectivity index (χ0) is 13.1. The highest BCUT2D eigenvalue weighted by molar-refractivity contribution is 5.68. The molecule has 0 bridgehead atoms. The number of carboxylic acid groups (broad SMARTS) is 1. The second-order valence-corrected chi connectivity index (χ2v) is 3.86. The number of nitrogens with zero attached hydrogens (tertiary/aromatic N) is 3. The minimum Gasteiger partial charge on any atom is -0.496 e. The van der Waals surface area contributed by atoms with Crippen LogP contribution in [0.5, 0.6) is 5.75 Å². The van der Waals surface area contributed by atoms with E-state index in [-0.39, 0.29) is 6.54 Å². The standard InChI is InChI=1S/C12H13N3O3/c1-8-5-9(3-4-11(8)18-2)10-6-13-14-15(10)7-12(16)17/h3-6H,7H2,1-2H3,(H,16,17). The van der Waals surface area contributed by atoms with Gasteiger partial charge in [0.1, 0.15) is 12.3 Å². The average molecular weight is 247 g/mol. The third-order valence-corrected chi connectivity index (χ3v) is 2.59. The lowest BCUT2D eigenvalue weighted by Gasteiger charge is -2.08. The lowest BCUT2D eigenvalue weighted by molar-refractivity contribution is -0.137. The summed E-state index contributed by atoms with van der Waals surface area (Å²) in [6.45, 7) is 1.72. The summed E-state index contributed by atoms with van der Waals surface area (Å²) in [5, 5.41) is 16.3. The van der Waals surface area contributed by atoms with Crippen LogP contribution in [0, 0.1) is 6.92 Å². The zero-order valence-electron chi connectivity index (χ0n) is 10.1. The van der Waals surface area contributed by atoms with Crippen molar-refractivity contribution in [2.45, 2.75) is 13.5 Å². The van der Waals surface area contributed by atoms with E-state index in [1.807, 2.05) is 25.1 Å². The van der Waals surface area contributed by atoms with Crippen LogP contribution in [0.15, 0.2) is 24.4 Å². The van der Waals surface area contributed by atoms with Crippen LogP contribution in [0.4, 0.5) is 0 Å². The Morgan fingerprint density at radius 2 is 2.28 bits per heavy atom. The normalized spacial score (nSPS) is 10.3. The van der Waals surface area contributed by atoms with E-state index in [9.17, 15) is 4.79 Å². The van der Waals surface area contributed by atoms with Crippen LogP contribution in [-0.4, -0.2) is 33.2 Å². The third-order valence-electron chi connectivity index (χ3n) is 2.59. The Kier molecular flexibility index (Phi) is 3.27. The van der Waals surface area contributed by atoms with Crippen LogP contribution in [-0.2, 0) is 11.3 Å². The predicted molar refractivity (Wildman–Crippen MR) is 64.4 cm³/mol. The van der Waals surface area contributed by atoms with Crippen molar-refractivity contribution < 1.29 is 14.6 Å². The Balaban J connectivity index is 2.40. The summed E-state index contributed by atoms with van der Waals surface area (Å²) in [6.07, 6.45) is 1.55. The molecule has 0 unspecified atom stereocenters. The molecule has 2 rings (SSSR count). The fourth-order valence-corrected chi connectivity index (χ4v) is 1.76. The van der Waals surface area contributed by atoms with Crippen molar-refractivity contribution in [3.8, 4) is 17.0 Å². The number of methoxy groups -OCH3 is 1. The number of aliphatic carboxylic acids is 1. The molecule has 0 aliphatic rings. The third kappa shape index (κ3) is 2.32. The van der Waals surface area contributed by atoms with Crippen molar-refractivity contribution in [3.63, 3.8) is 0 Å². The van der Waals surface area contributed by atoms with Gasteiger partial charge in [-0.3, -0.25) is 4.79 Å². The minimum absolute atomic E-state index is 0.208. The Morgan fingerprint density at radius 1 is 1.50 bits per heavy atom. The average Bonchev–Trinajstić information content (AvgIpc) is 2.76. The van der Waals surface area contributed by atoms with Gasteiger partial charge in [-0.05, 0) is 30.7 Å². The molecule has 1 heterocycles. The topological polar surface area (TPSA) is 77.2 Å². The van der Waals surface area contributed by atoms with E-state index in [1.54, 1.807) is 13.3 Å². The minimum atomic E-state index is -0.952. The van der Waals surface area contributed by atoms with Crippen molar-refractivity contribution >= 4 is 5.97 Å². The molecular weight excluding hydrogens is 234 g/mol. The first-order chi connectivity index (χ1) is 8.61. The molecule has 94 valence electrons. The maximum Gasteiger partial charge on any atom is 0.325 e. The number of carbonyl (C=O) groups is 1. The molecule has 1 aromatic heterocycles. The number of hydrogen-bond donors (Lipinski definition) is 1. The molecule has 0 saturated heterocycles. The molecule has 6 heteroatoms. The Morgan fingerprint density at radius 3 is 2.89 bits per heavy atom. The molecule has 6 nitrogen and oxygen atoms in total. The van der Waals surface area contributed by atoms with Gasteiger partial charge < -0.3 is 9.84 Å². The van der Waals surface area contributed by atoms with Crippen LogP contribution in [0.1, 0.15) is 5.56 Å². The molecular formula is C12H13N3O3. The van der Waals surface area contributed by atoms with Gasteiger partial charge in [0.25, 0.3) is 0 Å². The van der Waals surface area contributed by atoms with Gasteiger partial charge in [-0.25, -0.2) is 4.68 Å². The number of rotatable bonds is 4. The van der Waals surface area contributed by atoms with Crippen LogP contribution < -0.4 is 4.74 Å². The van der Waals surface area contributed by atoms with E-state index in [2.05, 4.69) is 10.3 Å². The van der Waals surface area contributed by atoms with Crippen LogP contribution in [0.25, 0.3) is 11.3 Å². The quantitative estimate of drug-likeness (QED) is 0.882.